The van der Waals surface area contributed by atoms with Crippen molar-refractivity contribution in [3.05, 3.63) is 35.4 Å². The molecule has 1 N–H and O–H groups in total. The third kappa shape index (κ3) is 6.18. The second-order valence-electron chi connectivity index (χ2n) is 6.72. The van der Waals surface area contributed by atoms with Crippen LogP contribution in [0.3, 0.4) is 0 Å². The highest BCUT2D eigenvalue weighted by molar-refractivity contribution is 7.90. The van der Waals surface area contributed by atoms with E-state index in [4.69, 9.17) is 0 Å². The Balaban J connectivity index is 2.95. The molecular formula is C17H29NO2S. The van der Waals surface area contributed by atoms with E-state index in [1.54, 1.807) is 0 Å². The van der Waals surface area contributed by atoms with Crippen LogP contribution in [0.15, 0.2) is 24.3 Å². The van der Waals surface area contributed by atoms with Crippen molar-refractivity contribution in [3.8, 4) is 0 Å². The summed E-state index contributed by atoms with van der Waals surface area (Å²) in [5, 5.41) is 3.50. The summed E-state index contributed by atoms with van der Waals surface area (Å²) in [4.78, 5) is 0. The zero-order valence-corrected chi connectivity index (χ0v) is 14.8. The second kappa shape index (κ2) is 7.41. The molecule has 21 heavy (non-hydrogen) atoms. The Bertz CT molecular complexity index is 544. The number of hydrogen-bond acceptors (Lipinski definition) is 3. The van der Waals surface area contributed by atoms with E-state index in [1.807, 2.05) is 0 Å². The molecule has 0 aliphatic rings. The van der Waals surface area contributed by atoms with Crippen LogP contribution in [-0.2, 0) is 15.3 Å². The number of rotatable bonds is 7. The number of hydrogen-bond donors (Lipinski definition) is 1. The molecule has 0 heterocycles. The zero-order chi connectivity index (χ0) is 16.1. The van der Waals surface area contributed by atoms with Crippen LogP contribution in [0.1, 0.15) is 57.7 Å². The lowest BCUT2D eigenvalue weighted by atomic mass is 9.81. The Morgan fingerprint density at radius 3 is 2.33 bits per heavy atom. The molecule has 0 fully saturated rings. The van der Waals surface area contributed by atoms with Gasteiger partial charge in [0.2, 0.25) is 0 Å². The van der Waals surface area contributed by atoms with E-state index < -0.39 is 9.84 Å². The van der Waals surface area contributed by atoms with Crippen LogP contribution in [0.5, 0.6) is 0 Å². The molecule has 1 aromatic carbocycles. The first-order valence-electron chi connectivity index (χ1n) is 7.65. The van der Waals surface area contributed by atoms with Crippen molar-refractivity contribution in [2.45, 2.75) is 52.0 Å². The van der Waals surface area contributed by atoms with Crippen LogP contribution >= 0.6 is 0 Å². The smallest absolute Gasteiger partial charge is 0.147 e. The van der Waals surface area contributed by atoms with Gasteiger partial charge in [-0.2, -0.15) is 0 Å². The van der Waals surface area contributed by atoms with Crippen molar-refractivity contribution in [3.63, 3.8) is 0 Å². The maximum atomic E-state index is 11.3. The molecule has 0 saturated heterocycles. The van der Waals surface area contributed by atoms with E-state index in [0.29, 0.717) is 6.42 Å². The van der Waals surface area contributed by atoms with E-state index in [9.17, 15) is 8.42 Å². The van der Waals surface area contributed by atoms with Crippen molar-refractivity contribution in [1.82, 2.24) is 5.32 Å². The normalized spacial score (nSPS) is 14.1. The minimum absolute atomic E-state index is 0.0844. The number of sulfone groups is 1. The van der Waals surface area contributed by atoms with Gasteiger partial charge in [0.1, 0.15) is 9.84 Å². The number of benzene rings is 1. The van der Waals surface area contributed by atoms with Crippen molar-refractivity contribution >= 4 is 9.84 Å². The third-order valence-electron chi connectivity index (χ3n) is 3.60. The molecular weight excluding hydrogens is 282 g/mol. The van der Waals surface area contributed by atoms with E-state index in [0.717, 1.165) is 13.0 Å². The van der Waals surface area contributed by atoms with Gasteiger partial charge in [-0.1, -0.05) is 52.0 Å². The molecule has 1 aromatic rings. The zero-order valence-electron chi connectivity index (χ0n) is 13.9. The fourth-order valence-corrected chi connectivity index (χ4v) is 3.34. The molecule has 3 nitrogen and oxygen atoms in total. The summed E-state index contributed by atoms with van der Waals surface area (Å²) in [6.45, 7) is 9.60. The maximum Gasteiger partial charge on any atom is 0.147 e. The van der Waals surface area contributed by atoms with Gasteiger partial charge >= 0.3 is 0 Å². The van der Waals surface area contributed by atoms with Gasteiger partial charge in [-0.15, -0.1) is 0 Å². The fourth-order valence-electron chi connectivity index (χ4n) is 2.65. The predicted octanol–water partition coefficient (Wildman–Crippen LogP) is 3.46. The molecule has 0 amide bonds. The molecule has 0 saturated carbocycles. The molecule has 1 atom stereocenters. The topological polar surface area (TPSA) is 46.2 Å². The average molecular weight is 311 g/mol. The van der Waals surface area contributed by atoms with Crippen LogP contribution in [0, 0.1) is 0 Å². The summed E-state index contributed by atoms with van der Waals surface area (Å²) in [6, 6.07) is 8.69. The van der Waals surface area contributed by atoms with Crippen LogP contribution in [0.25, 0.3) is 0 Å². The first kappa shape index (κ1) is 18.2. The summed E-state index contributed by atoms with van der Waals surface area (Å²) < 4.78 is 22.6. The minimum Gasteiger partial charge on any atom is -0.310 e. The lowest BCUT2D eigenvalue weighted by Crippen LogP contribution is -2.25. The van der Waals surface area contributed by atoms with Gasteiger partial charge in [0.25, 0.3) is 0 Å². The molecule has 4 heteroatoms. The van der Waals surface area contributed by atoms with E-state index >= 15 is 0 Å². The molecule has 0 bridgehead atoms. The van der Waals surface area contributed by atoms with Crippen molar-refractivity contribution in [2.75, 3.05) is 18.6 Å². The van der Waals surface area contributed by atoms with E-state index in [1.165, 1.54) is 17.4 Å². The van der Waals surface area contributed by atoms with Crippen LogP contribution in [0.4, 0.5) is 0 Å². The summed E-state index contributed by atoms with van der Waals surface area (Å²) in [7, 11) is -2.88. The highest BCUT2D eigenvalue weighted by Crippen LogP contribution is 2.31. The molecule has 1 unspecified atom stereocenters. The maximum absolute atomic E-state index is 11.3. The average Bonchev–Trinajstić information content (AvgIpc) is 2.35. The first-order valence-corrected chi connectivity index (χ1v) is 9.71. The molecule has 0 radical (unpaired) electrons. The summed E-state index contributed by atoms with van der Waals surface area (Å²) in [5.41, 5.74) is 2.71. The summed E-state index contributed by atoms with van der Waals surface area (Å²) in [6.07, 6.45) is 2.83. The van der Waals surface area contributed by atoms with Crippen molar-refractivity contribution in [1.29, 1.82) is 0 Å². The molecule has 0 aliphatic carbocycles. The first-order chi connectivity index (χ1) is 9.65. The summed E-state index contributed by atoms with van der Waals surface area (Å²) in [5.74, 6) is 0.257. The van der Waals surface area contributed by atoms with Crippen LogP contribution in [-0.4, -0.2) is 27.0 Å². The van der Waals surface area contributed by atoms with Crippen molar-refractivity contribution in [2.24, 2.45) is 0 Å². The predicted molar refractivity (Wildman–Crippen MR) is 90.5 cm³/mol. The monoisotopic (exact) mass is 311 g/mol. The highest BCUT2D eigenvalue weighted by Gasteiger charge is 2.22. The van der Waals surface area contributed by atoms with Gasteiger partial charge in [-0.3, -0.25) is 0 Å². The Labute approximate surface area is 130 Å². The Morgan fingerprint density at radius 2 is 1.81 bits per heavy atom. The van der Waals surface area contributed by atoms with Crippen LogP contribution in [0.2, 0.25) is 0 Å². The van der Waals surface area contributed by atoms with Crippen molar-refractivity contribution < 1.29 is 8.42 Å². The van der Waals surface area contributed by atoms with Gasteiger partial charge in [-0.25, -0.2) is 8.42 Å². The Morgan fingerprint density at radius 1 is 1.19 bits per heavy atom. The molecule has 0 spiro atoms. The van der Waals surface area contributed by atoms with Gasteiger partial charge in [-0.05, 0) is 35.9 Å². The quantitative estimate of drug-likeness (QED) is 0.839. The standard InChI is InChI=1S/C17H29NO2S/c1-6-18-16(12-9-13-21(5,19)20)14-10-7-8-11-15(14)17(2,3)4/h7-8,10-11,16,18H,6,9,12-13H2,1-5H3. The molecule has 0 aromatic heterocycles. The third-order valence-corrected chi connectivity index (χ3v) is 4.63. The second-order valence-corrected chi connectivity index (χ2v) is 8.98. The van der Waals surface area contributed by atoms with Gasteiger partial charge in [0, 0.05) is 18.1 Å². The van der Waals surface area contributed by atoms with Crippen LogP contribution < -0.4 is 5.32 Å². The van der Waals surface area contributed by atoms with E-state index in [2.05, 4.69) is 57.3 Å². The SMILES string of the molecule is CCNC(CCCS(C)(=O)=O)c1ccccc1C(C)(C)C. The van der Waals surface area contributed by atoms with Gasteiger partial charge in [0.05, 0.1) is 0 Å². The highest BCUT2D eigenvalue weighted by atomic mass is 32.2. The lowest BCUT2D eigenvalue weighted by molar-refractivity contribution is 0.487. The Kier molecular flexibility index (Phi) is 6.41. The molecule has 1 rings (SSSR count). The minimum atomic E-state index is -2.88. The summed E-state index contributed by atoms with van der Waals surface area (Å²) >= 11 is 0. The largest absolute Gasteiger partial charge is 0.310 e. The fraction of sp³-hybridized carbons (Fsp3) is 0.647. The molecule has 0 aliphatic heterocycles. The lowest BCUT2D eigenvalue weighted by Gasteiger charge is -2.28. The van der Waals surface area contributed by atoms with Gasteiger partial charge < -0.3 is 5.32 Å². The van der Waals surface area contributed by atoms with E-state index in [-0.39, 0.29) is 17.2 Å². The number of nitrogens with one attached hydrogen (secondary N) is 1. The molecule has 120 valence electrons. The van der Waals surface area contributed by atoms with Gasteiger partial charge in [0.15, 0.2) is 0 Å². The Hall–Kier alpha value is -0.870.